The van der Waals surface area contributed by atoms with Crippen molar-refractivity contribution in [3.63, 3.8) is 0 Å². The van der Waals surface area contributed by atoms with Crippen molar-refractivity contribution in [3.05, 3.63) is 12.2 Å². The van der Waals surface area contributed by atoms with Crippen molar-refractivity contribution < 1.29 is 0 Å². The van der Waals surface area contributed by atoms with Crippen molar-refractivity contribution >= 4 is 23.5 Å². The zero-order chi connectivity index (χ0) is 15.9. The molecule has 0 unspecified atom stereocenters. The number of hydrogen-bond acceptors (Lipinski definition) is 8. The molecule has 0 saturated heterocycles. The molecule has 2 rings (SSSR count). The number of thioether (sulfide) groups is 2. The fraction of sp³-hybridized carbons (Fsp3) is 0.667. The van der Waals surface area contributed by atoms with Gasteiger partial charge >= 0.3 is 0 Å². The molecular weight excluding hydrogens is 320 g/mol. The van der Waals surface area contributed by atoms with E-state index < -0.39 is 0 Å². The van der Waals surface area contributed by atoms with Crippen LogP contribution in [0.1, 0.15) is 39.8 Å². The minimum Gasteiger partial charge on any atom is -0.218 e. The van der Waals surface area contributed by atoms with Crippen molar-refractivity contribution in [1.29, 1.82) is 0 Å². The van der Waals surface area contributed by atoms with Gasteiger partial charge in [-0.2, -0.15) is 0 Å². The van der Waals surface area contributed by atoms with Gasteiger partial charge in [0.15, 0.2) is 0 Å². The molecule has 2 heterocycles. The molecule has 0 amide bonds. The first-order valence-electron chi connectivity index (χ1n) is 7.06. The highest BCUT2D eigenvalue weighted by Gasteiger charge is 2.09. The van der Waals surface area contributed by atoms with Gasteiger partial charge in [0.2, 0.25) is 10.3 Å². The number of nitrogens with zero attached hydrogens (tertiary/aromatic N) is 8. The molecule has 22 heavy (non-hydrogen) atoms. The van der Waals surface area contributed by atoms with Crippen LogP contribution in [-0.4, -0.2) is 51.9 Å². The average molecular weight is 340 g/mol. The highest BCUT2D eigenvalue weighted by molar-refractivity contribution is 7.99. The van der Waals surface area contributed by atoms with Crippen LogP contribution in [0, 0.1) is 0 Å². The second kappa shape index (κ2) is 8.28. The molecule has 10 heteroatoms. The zero-order valence-electron chi connectivity index (χ0n) is 13.1. The zero-order valence-corrected chi connectivity index (χ0v) is 14.8. The van der Waals surface area contributed by atoms with E-state index in [-0.39, 0.29) is 12.1 Å². The number of aromatic nitrogens is 8. The molecule has 0 bridgehead atoms. The van der Waals surface area contributed by atoms with E-state index in [0.717, 1.165) is 21.8 Å². The maximum atomic E-state index is 4.02. The molecule has 0 N–H and O–H groups in total. The summed E-state index contributed by atoms with van der Waals surface area (Å²) in [4.78, 5) is 0. The van der Waals surface area contributed by atoms with Gasteiger partial charge in [0.1, 0.15) is 0 Å². The van der Waals surface area contributed by atoms with E-state index in [0.29, 0.717) is 0 Å². The van der Waals surface area contributed by atoms with E-state index in [1.165, 1.54) is 0 Å². The standard InChI is InChI=1S/C12H20N8S2/c1-9(2)19-11(13-15-17-19)21-7-5-6-8-22-12-14-16-18-20(12)10(3)4/h5-6,9-10H,7-8H2,1-4H3/b6-5+. The van der Waals surface area contributed by atoms with Crippen LogP contribution in [0.2, 0.25) is 0 Å². The molecule has 0 spiro atoms. The van der Waals surface area contributed by atoms with Crippen molar-refractivity contribution in [2.24, 2.45) is 0 Å². The lowest BCUT2D eigenvalue weighted by Gasteiger charge is -2.06. The van der Waals surface area contributed by atoms with Gasteiger partial charge in [0, 0.05) is 11.5 Å². The maximum absolute atomic E-state index is 4.02. The fourth-order valence-corrected chi connectivity index (χ4v) is 3.30. The summed E-state index contributed by atoms with van der Waals surface area (Å²) >= 11 is 3.25. The van der Waals surface area contributed by atoms with Gasteiger partial charge in [-0.15, -0.1) is 10.2 Å². The Labute approximate surface area is 138 Å². The molecule has 2 aromatic heterocycles. The minimum absolute atomic E-state index is 0.270. The molecule has 0 aromatic carbocycles. The van der Waals surface area contributed by atoms with Crippen molar-refractivity contribution in [1.82, 2.24) is 40.4 Å². The van der Waals surface area contributed by atoms with Crippen LogP contribution in [-0.2, 0) is 0 Å². The SMILES string of the molecule is CC(C)n1nnnc1SC/C=C/CSc1nnnn1C(C)C. The molecule has 120 valence electrons. The van der Waals surface area contributed by atoms with E-state index in [1.54, 1.807) is 23.5 Å². The molecule has 8 nitrogen and oxygen atoms in total. The summed E-state index contributed by atoms with van der Waals surface area (Å²) < 4.78 is 3.65. The van der Waals surface area contributed by atoms with Crippen molar-refractivity contribution in [2.75, 3.05) is 11.5 Å². The lowest BCUT2D eigenvalue weighted by Crippen LogP contribution is -2.04. The van der Waals surface area contributed by atoms with Gasteiger partial charge in [-0.1, -0.05) is 35.7 Å². The summed E-state index contributed by atoms with van der Waals surface area (Å²) in [5.41, 5.74) is 0. The first-order chi connectivity index (χ1) is 10.6. The Bertz CT molecular complexity index is 552. The topological polar surface area (TPSA) is 87.2 Å². The normalized spacial score (nSPS) is 12.1. The fourth-order valence-electron chi connectivity index (χ4n) is 1.59. The monoisotopic (exact) mass is 340 g/mol. The third-order valence-electron chi connectivity index (χ3n) is 2.69. The van der Waals surface area contributed by atoms with Gasteiger partial charge in [-0.25, -0.2) is 9.36 Å². The molecule has 0 radical (unpaired) electrons. The number of tetrazole rings is 2. The third kappa shape index (κ3) is 4.54. The Hall–Kier alpha value is -1.42. The van der Waals surface area contributed by atoms with Crippen LogP contribution < -0.4 is 0 Å². The van der Waals surface area contributed by atoms with Gasteiger partial charge in [0.25, 0.3) is 0 Å². The third-order valence-corrected chi connectivity index (χ3v) is 4.46. The van der Waals surface area contributed by atoms with E-state index in [9.17, 15) is 0 Å². The summed E-state index contributed by atoms with van der Waals surface area (Å²) in [5, 5.41) is 25.1. The molecule has 2 aromatic rings. The van der Waals surface area contributed by atoms with Crippen LogP contribution >= 0.6 is 23.5 Å². The summed E-state index contributed by atoms with van der Waals surface area (Å²) in [6.07, 6.45) is 4.22. The molecule has 0 aliphatic heterocycles. The highest BCUT2D eigenvalue weighted by Crippen LogP contribution is 2.19. The first-order valence-corrected chi connectivity index (χ1v) is 9.03. The van der Waals surface area contributed by atoms with Crippen molar-refractivity contribution in [2.45, 2.75) is 50.1 Å². The predicted octanol–water partition coefficient (Wildman–Crippen LogP) is 2.26. The first kappa shape index (κ1) is 16.9. The van der Waals surface area contributed by atoms with E-state index >= 15 is 0 Å². The lowest BCUT2D eigenvalue weighted by molar-refractivity contribution is 0.477. The van der Waals surface area contributed by atoms with Gasteiger partial charge in [-0.05, 0) is 48.5 Å². The summed E-state index contributed by atoms with van der Waals surface area (Å²) in [6, 6.07) is 0.541. The Balaban J connectivity index is 1.75. The highest BCUT2D eigenvalue weighted by atomic mass is 32.2. The van der Waals surface area contributed by atoms with E-state index in [2.05, 4.69) is 70.9 Å². The van der Waals surface area contributed by atoms with Crippen LogP contribution in [0.4, 0.5) is 0 Å². The van der Waals surface area contributed by atoms with Crippen LogP contribution in [0.5, 0.6) is 0 Å². The summed E-state index contributed by atoms with van der Waals surface area (Å²) in [6.45, 7) is 8.25. The Kier molecular flexibility index (Phi) is 6.37. The van der Waals surface area contributed by atoms with Crippen LogP contribution in [0.25, 0.3) is 0 Å². The predicted molar refractivity (Wildman–Crippen MR) is 87.0 cm³/mol. The maximum Gasteiger partial charge on any atom is 0.209 e. The smallest absolute Gasteiger partial charge is 0.209 e. The largest absolute Gasteiger partial charge is 0.218 e. The number of rotatable bonds is 8. The summed E-state index contributed by atoms with van der Waals surface area (Å²) in [5.74, 6) is 1.67. The Morgan fingerprint density at radius 1 is 0.818 bits per heavy atom. The Morgan fingerprint density at radius 3 is 1.59 bits per heavy atom. The van der Waals surface area contributed by atoms with Crippen molar-refractivity contribution in [3.8, 4) is 0 Å². The van der Waals surface area contributed by atoms with Crippen LogP contribution in [0.3, 0.4) is 0 Å². The molecular formula is C12H20N8S2. The van der Waals surface area contributed by atoms with Gasteiger partial charge in [0.05, 0.1) is 12.1 Å². The van der Waals surface area contributed by atoms with Gasteiger partial charge < -0.3 is 0 Å². The summed E-state index contributed by atoms with van der Waals surface area (Å²) in [7, 11) is 0. The quantitative estimate of drug-likeness (QED) is 0.534. The second-order valence-corrected chi connectivity index (χ2v) is 7.07. The molecule has 0 atom stereocenters. The van der Waals surface area contributed by atoms with Crippen LogP contribution in [0.15, 0.2) is 22.5 Å². The molecule has 0 fully saturated rings. The molecule has 0 aliphatic carbocycles. The van der Waals surface area contributed by atoms with Gasteiger partial charge in [-0.3, -0.25) is 0 Å². The molecule has 0 aliphatic rings. The molecule has 0 saturated carbocycles. The number of hydrogen-bond donors (Lipinski definition) is 0. The van der Waals surface area contributed by atoms with E-state index in [1.807, 2.05) is 9.36 Å². The lowest BCUT2D eigenvalue weighted by atomic mass is 10.4. The second-order valence-electron chi connectivity index (χ2n) is 5.09. The average Bonchev–Trinajstić information content (AvgIpc) is 3.11. The Morgan fingerprint density at radius 2 is 1.23 bits per heavy atom. The minimum atomic E-state index is 0.270. The van der Waals surface area contributed by atoms with E-state index in [4.69, 9.17) is 0 Å².